The number of halogens is 1. The van der Waals surface area contributed by atoms with Crippen molar-refractivity contribution in [2.45, 2.75) is 32.7 Å². The van der Waals surface area contributed by atoms with Gasteiger partial charge in [-0.05, 0) is 38.3 Å². The van der Waals surface area contributed by atoms with Gasteiger partial charge in [0.2, 0.25) is 0 Å². The number of nitrogens with one attached hydrogen (secondary N) is 1. The number of aliphatic imine (C=N–C) groups is 1. The topological polar surface area (TPSA) is 40.5 Å². The van der Waals surface area contributed by atoms with Gasteiger partial charge in [-0.25, -0.2) is 9.98 Å². The highest BCUT2D eigenvalue weighted by Crippen LogP contribution is 2.15. The van der Waals surface area contributed by atoms with Crippen molar-refractivity contribution in [2.24, 2.45) is 4.99 Å². The second kappa shape index (κ2) is 9.22. The van der Waals surface area contributed by atoms with Crippen LogP contribution in [0.5, 0.6) is 0 Å². The van der Waals surface area contributed by atoms with E-state index in [1.54, 1.807) is 11.3 Å². The van der Waals surface area contributed by atoms with Crippen molar-refractivity contribution in [3.8, 4) is 0 Å². The van der Waals surface area contributed by atoms with Crippen LogP contribution in [0.2, 0.25) is 0 Å². The number of piperidine rings is 1. The standard InChI is InChI=1S/C17H22N4S.HI/c1-14-12-18-16(22-14)13-19-17(21-10-6-3-7-11-21)20-15-8-4-2-5-9-15;/h2,4-5,8-9,12H,3,6-7,10-11,13H2,1H3,(H,19,20);1H. The molecule has 0 unspecified atom stereocenters. The van der Waals surface area contributed by atoms with E-state index in [0.29, 0.717) is 6.54 Å². The molecule has 124 valence electrons. The second-order valence-corrected chi connectivity index (χ2v) is 6.86. The molecule has 0 spiro atoms. The van der Waals surface area contributed by atoms with Gasteiger partial charge in [-0.3, -0.25) is 0 Å². The Balaban J connectivity index is 0.00000192. The first-order valence-electron chi connectivity index (χ1n) is 7.84. The minimum atomic E-state index is 0. The highest BCUT2D eigenvalue weighted by molar-refractivity contribution is 14.0. The predicted molar refractivity (Wildman–Crippen MR) is 109 cm³/mol. The van der Waals surface area contributed by atoms with E-state index in [4.69, 9.17) is 4.99 Å². The lowest BCUT2D eigenvalue weighted by Gasteiger charge is -2.30. The van der Waals surface area contributed by atoms with E-state index in [9.17, 15) is 0 Å². The molecule has 0 amide bonds. The SMILES string of the molecule is Cc1cnc(CN=C(Nc2ccccc2)N2CCCCC2)s1.I. The van der Waals surface area contributed by atoms with Crippen molar-refractivity contribution in [1.82, 2.24) is 9.88 Å². The quantitative estimate of drug-likeness (QED) is 0.432. The molecule has 1 fully saturated rings. The molecule has 2 heterocycles. The lowest BCUT2D eigenvalue weighted by atomic mass is 10.1. The molecule has 1 aliphatic heterocycles. The van der Waals surface area contributed by atoms with Gasteiger partial charge >= 0.3 is 0 Å². The van der Waals surface area contributed by atoms with Crippen LogP contribution in [-0.4, -0.2) is 28.9 Å². The number of thiazole rings is 1. The van der Waals surface area contributed by atoms with E-state index in [0.717, 1.165) is 29.7 Å². The third-order valence-electron chi connectivity index (χ3n) is 3.72. The summed E-state index contributed by atoms with van der Waals surface area (Å²) >= 11 is 1.72. The Labute approximate surface area is 159 Å². The lowest BCUT2D eigenvalue weighted by molar-refractivity contribution is 0.340. The first kappa shape index (κ1) is 18.2. The van der Waals surface area contributed by atoms with Crippen molar-refractivity contribution in [3.05, 3.63) is 46.4 Å². The van der Waals surface area contributed by atoms with Crippen LogP contribution in [0, 0.1) is 6.92 Å². The van der Waals surface area contributed by atoms with Gasteiger partial charge < -0.3 is 10.2 Å². The van der Waals surface area contributed by atoms with Crippen LogP contribution >= 0.6 is 35.3 Å². The number of rotatable bonds is 3. The monoisotopic (exact) mass is 442 g/mol. The molecule has 0 radical (unpaired) electrons. The maximum absolute atomic E-state index is 4.81. The normalized spacial score (nSPS) is 15.2. The maximum Gasteiger partial charge on any atom is 0.198 e. The van der Waals surface area contributed by atoms with Crippen LogP contribution in [0.15, 0.2) is 41.5 Å². The molecular weight excluding hydrogens is 419 g/mol. The van der Waals surface area contributed by atoms with Crippen LogP contribution < -0.4 is 5.32 Å². The molecule has 23 heavy (non-hydrogen) atoms. The molecule has 6 heteroatoms. The van der Waals surface area contributed by atoms with Gasteiger partial charge in [-0.1, -0.05) is 18.2 Å². The van der Waals surface area contributed by atoms with E-state index in [1.807, 2.05) is 24.4 Å². The summed E-state index contributed by atoms with van der Waals surface area (Å²) in [5.74, 6) is 0.971. The molecule has 1 N–H and O–H groups in total. The number of aromatic nitrogens is 1. The number of nitrogens with zero attached hydrogens (tertiary/aromatic N) is 3. The average Bonchev–Trinajstić information content (AvgIpc) is 2.99. The van der Waals surface area contributed by atoms with E-state index in [-0.39, 0.29) is 24.0 Å². The fourth-order valence-electron chi connectivity index (χ4n) is 2.59. The zero-order chi connectivity index (χ0) is 15.2. The van der Waals surface area contributed by atoms with Crippen LogP contribution in [0.1, 0.15) is 29.1 Å². The zero-order valence-corrected chi connectivity index (χ0v) is 16.5. The smallest absolute Gasteiger partial charge is 0.198 e. The van der Waals surface area contributed by atoms with Crippen LogP contribution in [0.4, 0.5) is 5.69 Å². The molecule has 4 nitrogen and oxygen atoms in total. The number of aryl methyl sites for hydroxylation is 1. The first-order valence-corrected chi connectivity index (χ1v) is 8.66. The van der Waals surface area contributed by atoms with Gasteiger partial charge in [0.25, 0.3) is 0 Å². The first-order chi connectivity index (χ1) is 10.8. The largest absolute Gasteiger partial charge is 0.343 e. The van der Waals surface area contributed by atoms with Crippen molar-refractivity contribution >= 4 is 47.0 Å². The van der Waals surface area contributed by atoms with Crippen molar-refractivity contribution < 1.29 is 0 Å². The number of guanidine groups is 1. The molecule has 1 aromatic carbocycles. The molecule has 1 aliphatic rings. The Bertz CT molecular complexity index is 621. The van der Waals surface area contributed by atoms with Crippen LogP contribution in [0.3, 0.4) is 0 Å². The molecule has 0 bridgehead atoms. The van der Waals surface area contributed by atoms with Gasteiger partial charge in [0.05, 0.1) is 6.54 Å². The Kier molecular flexibility index (Phi) is 7.29. The van der Waals surface area contributed by atoms with Gasteiger partial charge in [0.1, 0.15) is 5.01 Å². The summed E-state index contributed by atoms with van der Waals surface area (Å²) < 4.78 is 0. The van der Waals surface area contributed by atoms with Gasteiger partial charge in [0, 0.05) is 29.9 Å². The Hall–Kier alpha value is -1.15. The molecule has 0 aliphatic carbocycles. The zero-order valence-electron chi connectivity index (χ0n) is 13.4. The molecule has 0 saturated carbocycles. The summed E-state index contributed by atoms with van der Waals surface area (Å²) in [7, 11) is 0. The minimum absolute atomic E-state index is 0. The van der Waals surface area contributed by atoms with Crippen LogP contribution in [-0.2, 0) is 6.54 Å². The fraction of sp³-hybridized carbons (Fsp3) is 0.412. The summed E-state index contributed by atoms with van der Waals surface area (Å²) in [6.45, 7) is 4.88. The average molecular weight is 442 g/mol. The van der Waals surface area contributed by atoms with Crippen LogP contribution in [0.25, 0.3) is 0 Å². The highest BCUT2D eigenvalue weighted by atomic mass is 127. The second-order valence-electron chi connectivity index (χ2n) is 5.54. The molecule has 0 atom stereocenters. The highest BCUT2D eigenvalue weighted by Gasteiger charge is 2.15. The summed E-state index contributed by atoms with van der Waals surface area (Å²) in [5.41, 5.74) is 1.09. The van der Waals surface area contributed by atoms with E-state index in [2.05, 4.69) is 34.3 Å². The van der Waals surface area contributed by atoms with Gasteiger partial charge in [-0.15, -0.1) is 35.3 Å². The molecular formula is C17H23IN4S. The molecule has 1 aromatic heterocycles. The third kappa shape index (κ3) is 5.46. The summed E-state index contributed by atoms with van der Waals surface area (Å²) in [4.78, 5) is 12.8. The molecule has 3 rings (SSSR count). The van der Waals surface area contributed by atoms with E-state index in [1.165, 1.54) is 24.1 Å². The Morgan fingerprint density at radius 1 is 1.22 bits per heavy atom. The minimum Gasteiger partial charge on any atom is -0.343 e. The summed E-state index contributed by atoms with van der Waals surface area (Å²) in [5, 5.41) is 4.55. The van der Waals surface area contributed by atoms with Crippen molar-refractivity contribution in [1.29, 1.82) is 0 Å². The number of hydrogen-bond donors (Lipinski definition) is 1. The van der Waals surface area contributed by atoms with E-state index < -0.39 is 0 Å². The van der Waals surface area contributed by atoms with Crippen molar-refractivity contribution in [2.75, 3.05) is 18.4 Å². The predicted octanol–water partition coefficient (Wildman–Crippen LogP) is 4.52. The lowest BCUT2D eigenvalue weighted by Crippen LogP contribution is -2.40. The maximum atomic E-state index is 4.81. The number of benzene rings is 1. The van der Waals surface area contributed by atoms with Gasteiger partial charge in [0.15, 0.2) is 5.96 Å². The fourth-order valence-corrected chi connectivity index (χ4v) is 3.30. The molecule has 2 aromatic rings. The third-order valence-corrected chi connectivity index (χ3v) is 4.62. The summed E-state index contributed by atoms with van der Waals surface area (Å²) in [6.07, 6.45) is 5.72. The molecule has 1 saturated heterocycles. The number of anilines is 1. The number of para-hydroxylation sites is 1. The summed E-state index contributed by atoms with van der Waals surface area (Å²) in [6, 6.07) is 10.3. The van der Waals surface area contributed by atoms with E-state index >= 15 is 0 Å². The van der Waals surface area contributed by atoms with Gasteiger partial charge in [-0.2, -0.15) is 0 Å². The number of likely N-dealkylation sites (tertiary alicyclic amines) is 1. The Morgan fingerprint density at radius 3 is 2.61 bits per heavy atom. The number of hydrogen-bond acceptors (Lipinski definition) is 3. The Morgan fingerprint density at radius 2 is 1.96 bits per heavy atom. The van der Waals surface area contributed by atoms with Crippen molar-refractivity contribution in [3.63, 3.8) is 0 Å².